The van der Waals surface area contributed by atoms with Crippen LogP contribution in [-0.4, -0.2) is 36.4 Å². The zero-order chi connectivity index (χ0) is 14.7. The van der Waals surface area contributed by atoms with Crippen LogP contribution < -0.4 is 10.6 Å². The number of ether oxygens (including phenoxy) is 1. The van der Waals surface area contributed by atoms with Crippen molar-refractivity contribution < 1.29 is 23.8 Å². The second kappa shape index (κ2) is 6.06. The van der Waals surface area contributed by atoms with Gasteiger partial charge in [-0.05, 0) is 18.2 Å². The number of carbonyl (C=O) groups excluding carboxylic acids is 1. The zero-order valence-corrected chi connectivity index (χ0v) is 11.0. The molecule has 2 rings (SSSR count). The quantitative estimate of drug-likeness (QED) is 0.793. The number of benzene rings is 1. The number of hydrogen-bond acceptors (Lipinski definition) is 3. The summed E-state index contributed by atoms with van der Waals surface area (Å²) in [6.45, 7) is 0.167. The first-order chi connectivity index (χ1) is 9.45. The monoisotopic (exact) mass is 302 g/mol. The van der Waals surface area contributed by atoms with Crippen LogP contribution in [0, 0.1) is 11.7 Å². The highest BCUT2D eigenvalue weighted by molar-refractivity contribution is 6.30. The lowest BCUT2D eigenvalue weighted by atomic mass is 10.0. The Kier molecular flexibility index (Phi) is 4.41. The first-order valence-electron chi connectivity index (χ1n) is 5.80. The summed E-state index contributed by atoms with van der Waals surface area (Å²) in [5.41, 5.74) is 0.179. The van der Waals surface area contributed by atoms with E-state index in [0.29, 0.717) is 0 Å². The summed E-state index contributed by atoms with van der Waals surface area (Å²) in [4.78, 5) is 22.6. The third-order valence-electron chi connectivity index (χ3n) is 2.83. The van der Waals surface area contributed by atoms with E-state index >= 15 is 0 Å². The van der Waals surface area contributed by atoms with E-state index in [1.165, 1.54) is 6.07 Å². The number of hydrogen-bond donors (Lipinski definition) is 3. The van der Waals surface area contributed by atoms with Crippen molar-refractivity contribution >= 4 is 29.3 Å². The molecule has 108 valence electrons. The Labute approximate surface area is 118 Å². The minimum Gasteiger partial charge on any atom is -0.481 e. The van der Waals surface area contributed by atoms with Crippen molar-refractivity contribution in [1.29, 1.82) is 0 Å². The highest BCUT2D eigenvalue weighted by atomic mass is 35.5. The molecule has 2 atom stereocenters. The van der Waals surface area contributed by atoms with Crippen LogP contribution in [0.4, 0.5) is 14.9 Å². The lowest BCUT2D eigenvalue weighted by Crippen LogP contribution is -2.44. The number of carboxylic acids is 1. The highest BCUT2D eigenvalue weighted by Crippen LogP contribution is 2.18. The Hall–Kier alpha value is -1.86. The van der Waals surface area contributed by atoms with Gasteiger partial charge in [-0.25, -0.2) is 9.18 Å². The average molecular weight is 303 g/mol. The Morgan fingerprint density at radius 3 is 2.75 bits per heavy atom. The maximum Gasteiger partial charge on any atom is 0.319 e. The fraction of sp³-hybridized carbons (Fsp3) is 0.333. The molecule has 3 N–H and O–H groups in total. The van der Waals surface area contributed by atoms with Gasteiger partial charge in [0, 0.05) is 10.7 Å². The van der Waals surface area contributed by atoms with E-state index in [1.807, 2.05) is 0 Å². The molecule has 0 radical (unpaired) electrons. The molecule has 1 saturated heterocycles. The summed E-state index contributed by atoms with van der Waals surface area (Å²) in [7, 11) is 0. The molecule has 0 bridgehead atoms. The number of nitrogens with one attached hydrogen (secondary N) is 2. The highest BCUT2D eigenvalue weighted by Gasteiger charge is 2.35. The summed E-state index contributed by atoms with van der Waals surface area (Å²) >= 11 is 5.66. The maximum absolute atomic E-state index is 13.1. The van der Waals surface area contributed by atoms with E-state index in [9.17, 15) is 14.0 Å². The van der Waals surface area contributed by atoms with Crippen molar-refractivity contribution in [1.82, 2.24) is 5.32 Å². The first kappa shape index (κ1) is 14.5. The number of aliphatic carboxylic acids is 1. The summed E-state index contributed by atoms with van der Waals surface area (Å²) in [5, 5.41) is 13.9. The predicted octanol–water partition coefficient (Wildman–Crippen LogP) is 1.70. The Morgan fingerprint density at radius 1 is 1.35 bits per heavy atom. The second-order valence-corrected chi connectivity index (χ2v) is 4.78. The summed E-state index contributed by atoms with van der Waals surface area (Å²) < 4.78 is 18.1. The largest absolute Gasteiger partial charge is 0.481 e. The Morgan fingerprint density at radius 2 is 2.10 bits per heavy atom. The molecule has 2 unspecified atom stereocenters. The molecule has 6 nitrogen and oxygen atoms in total. The molecule has 1 aromatic rings. The van der Waals surface area contributed by atoms with E-state index in [1.54, 1.807) is 0 Å². The standard InChI is InChI=1S/C12H12ClFN2O4/c13-6-1-7(14)3-8(2-6)15-12(19)16-10-5-20-4-9(10)11(17)18/h1-3,9-10H,4-5H2,(H,17,18)(H2,15,16,19). The molecule has 1 heterocycles. The van der Waals surface area contributed by atoms with E-state index in [4.69, 9.17) is 21.4 Å². The molecule has 1 aliphatic heterocycles. The smallest absolute Gasteiger partial charge is 0.319 e. The third kappa shape index (κ3) is 3.58. The number of halogens is 2. The fourth-order valence-corrected chi connectivity index (χ4v) is 2.12. The van der Waals surface area contributed by atoms with Crippen LogP contribution in [0.25, 0.3) is 0 Å². The van der Waals surface area contributed by atoms with Crippen molar-refractivity contribution in [3.63, 3.8) is 0 Å². The van der Waals surface area contributed by atoms with Gasteiger partial charge in [-0.15, -0.1) is 0 Å². The lowest BCUT2D eigenvalue weighted by Gasteiger charge is -2.16. The maximum atomic E-state index is 13.1. The van der Waals surface area contributed by atoms with Crippen LogP contribution in [0.1, 0.15) is 0 Å². The fourth-order valence-electron chi connectivity index (χ4n) is 1.90. The van der Waals surface area contributed by atoms with Gasteiger partial charge in [0.25, 0.3) is 0 Å². The van der Waals surface area contributed by atoms with Gasteiger partial charge in [0.05, 0.1) is 19.3 Å². The van der Waals surface area contributed by atoms with Crippen molar-refractivity contribution in [3.8, 4) is 0 Å². The second-order valence-electron chi connectivity index (χ2n) is 4.35. The lowest BCUT2D eigenvalue weighted by molar-refractivity contribution is -0.142. The summed E-state index contributed by atoms with van der Waals surface area (Å²) in [6, 6.07) is 2.32. The summed E-state index contributed by atoms with van der Waals surface area (Å²) in [6.07, 6.45) is 0. The van der Waals surface area contributed by atoms with Gasteiger partial charge in [-0.3, -0.25) is 4.79 Å². The van der Waals surface area contributed by atoms with Crippen LogP contribution in [0.2, 0.25) is 5.02 Å². The number of urea groups is 1. The molecule has 0 spiro atoms. The van der Waals surface area contributed by atoms with Gasteiger partial charge >= 0.3 is 12.0 Å². The number of carbonyl (C=O) groups is 2. The van der Waals surface area contributed by atoms with Crippen LogP contribution >= 0.6 is 11.6 Å². The molecular weight excluding hydrogens is 291 g/mol. The van der Waals surface area contributed by atoms with Crippen LogP contribution in [0.3, 0.4) is 0 Å². The van der Waals surface area contributed by atoms with Crippen molar-refractivity contribution in [2.45, 2.75) is 6.04 Å². The average Bonchev–Trinajstić information content (AvgIpc) is 2.75. The zero-order valence-electron chi connectivity index (χ0n) is 10.2. The summed E-state index contributed by atoms with van der Waals surface area (Å²) in [5.74, 6) is -2.42. The van der Waals surface area contributed by atoms with Crippen molar-refractivity contribution in [3.05, 3.63) is 29.0 Å². The molecule has 8 heteroatoms. The molecule has 1 aromatic carbocycles. The Bertz CT molecular complexity index is 520. The number of anilines is 1. The van der Waals surface area contributed by atoms with Gasteiger partial charge in [-0.1, -0.05) is 11.6 Å². The van der Waals surface area contributed by atoms with Gasteiger partial charge in [0.1, 0.15) is 11.7 Å². The van der Waals surface area contributed by atoms with Gasteiger partial charge in [0.2, 0.25) is 0 Å². The SMILES string of the molecule is O=C(Nc1cc(F)cc(Cl)c1)NC1COCC1C(=O)O. The number of rotatable bonds is 3. The first-order valence-corrected chi connectivity index (χ1v) is 6.17. The van der Waals surface area contributed by atoms with Gasteiger partial charge in [0.15, 0.2) is 0 Å². The van der Waals surface area contributed by atoms with Crippen LogP contribution in [0.15, 0.2) is 18.2 Å². The van der Waals surface area contributed by atoms with E-state index in [0.717, 1.165) is 12.1 Å². The Balaban J connectivity index is 1.97. The van der Waals surface area contributed by atoms with Crippen LogP contribution in [-0.2, 0) is 9.53 Å². The molecule has 0 aliphatic carbocycles. The molecule has 1 fully saturated rings. The van der Waals surface area contributed by atoms with E-state index in [2.05, 4.69) is 10.6 Å². The number of amides is 2. The van der Waals surface area contributed by atoms with Gasteiger partial charge in [-0.2, -0.15) is 0 Å². The predicted molar refractivity (Wildman–Crippen MR) is 69.3 cm³/mol. The minimum atomic E-state index is -1.04. The van der Waals surface area contributed by atoms with Crippen molar-refractivity contribution in [2.75, 3.05) is 18.5 Å². The molecular formula is C12H12ClFN2O4. The van der Waals surface area contributed by atoms with Gasteiger partial charge < -0.3 is 20.5 Å². The van der Waals surface area contributed by atoms with E-state index < -0.39 is 29.8 Å². The molecule has 0 saturated carbocycles. The molecule has 20 heavy (non-hydrogen) atoms. The van der Waals surface area contributed by atoms with E-state index in [-0.39, 0.29) is 23.9 Å². The van der Waals surface area contributed by atoms with Crippen molar-refractivity contribution in [2.24, 2.45) is 5.92 Å². The molecule has 2 amide bonds. The van der Waals surface area contributed by atoms with Crippen LogP contribution in [0.5, 0.6) is 0 Å². The molecule has 1 aliphatic rings. The molecule has 0 aromatic heterocycles. The topological polar surface area (TPSA) is 87.7 Å². The minimum absolute atomic E-state index is 0.0477. The third-order valence-corrected chi connectivity index (χ3v) is 3.05. The normalized spacial score (nSPS) is 21.5. The number of carboxylic acid groups (broad SMARTS) is 1.